The summed E-state index contributed by atoms with van der Waals surface area (Å²) in [6.45, 7) is 5.07. The van der Waals surface area contributed by atoms with Crippen LogP contribution in [0.4, 0.5) is 0 Å². The fourth-order valence-electron chi connectivity index (χ4n) is 2.49. The Kier molecular flexibility index (Phi) is 4.97. The second kappa shape index (κ2) is 6.39. The lowest BCUT2D eigenvalue weighted by Gasteiger charge is -2.36. The number of benzene rings is 1. The third-order valence-electron chi connectivity index (χ3n) is 3.80. The van der Waals surface area contributed by atoms with Gasteiger partial charge < -0.3 is 19.3 Å². The van der Waals surface area contributed by atoms with Gasteiger partial charge in [-0.1, -0.05) is 26.3 Å². The number of aromatic hydroxyl groups is 2. The molecule has 1 aliphatic rings. The highest BCUT2D eigenvalue weighted by atomic mass is 31.2. The summed E-state index contributed by atoms with van der Waals surface area (Å²) in [6, 6.07) is 4.38. The first kappa shape index (κ1) is 16.3. The predicted molar refractivity (Wildman–Crippen MR) is 80.9 cm³/mol. The molecule has 2 N–H and O–H groups in total. The SMILES string of the molecule is CCCC1(C)COP(=O)(CCc2ccc(O)cc2O)OC1. The molecule has 21 heavy (non-hydrogen) atoms. The molecular weight excluding hydrogens is 291 g/mol. The van der Waals surface area contributed by atoms with Gasteiger partial charge in [-0.05, 0) is 24.5 Å². The molecule has 1 aromatic rings. The molecule has 1 fully saturated rings. The number of aryl methyl sites for hydroxylation is 1. The lowest BCUT2D eigenvalue weighted by molar-refractivity contribution is 0.0234. The fraction of sp³-hybridized carbons (Fsp3) is 0.600. The maximum absolute atomic E-state index is 12.5. The molecule has 0 saturated carbocycles. The highest BCUT2D eigenvalue weighted by Gasteiger charge is 2.38. The average Bonchev–Trinajstić information content (AvgIpc) is 2.42. The van der Waals surface area contributed by atoms with Crippen molar-refractivity contribution in [2.75, 3.05) is 19.4 Å². The molecule has 0 amide bonds. The number of hydrogen-bond acceptors (Lipinski definition) is 5. The molecule has 118 valence electrons. The van der Waals surface area contributed by atoms with Crippen LogP contribution in [0.3, 0.4) is 0 Å². The van der Waals surface area contributed by atoms with Crippen LogP contribution in [0.15, 0.2) is 18.2 Å². The minimum absolute atomic E-state index is 0.00313. The molecule has 0 radical (unpaired) electrons. The molecule has 6 heteroatoms. The van der Waals surface area contributed by atoms with Crippen molar-refractivity contribution in [3.05, 3.63) is 23.8 Å². The van der Waals surface area contributed by atoms with E-state index >= 15 is 0 Å². The normalized spacial score (nSPS) is 29.4. The summed E-state index contributed by atoms with van der Waals surface area (Å²) in [5.41, 5.74) is 0.556. The molecule has 0 spiro atoms. The van der Waals surface area contributed by atoms with Gasteiger partial charge in [0.25, 0.3) is 0 Å². The average molecular weight is 314 g/mol. The Morgan fingerprint density at radius 2 is 1.95 bits per heavy atom. The van der Waals surface area contributed by atoms with E-state index in [1.807, 2.05) is 0 Å². The van der Waals surface area contributed by atoms with Crippen molar-refractivity contribution in [2.24, 2.45) is 5.41 Å². The summed E-state index contributed by atoms with van der Waals surface area (Å²) in [5, 5.41) is 19.0. The lowest BCUT2D eigenvalue weighted by atomic mass is 9.88. The summed E-state index contributed by atoms with van der Waals surface area (Å²) in [5.74, 6) is -0.00203. The number of phenols is 2. The summed E-state index contributed by atoms with van der Waals surface area (Å²) in [4.78, 5) is 0. The zero-order chi connectivity index (χ0) is 15.5. The summed E-state index contributed by atoms with van der Waals surface area (Å²) in [7, 11) is -3.09. The minimum atomic E-state index is -3.09. The number of phenolic OH excluding ortho intramolecular Hbond substituents is 2. The highest BCUT2D eigenvalue weighted by Crippen LogP contribution is 2.54. The van der Waals surface area contributed by atoms with Crippen molar-refractivity contribution in [1.82, 2.24) is 0 Å². The van der Waals surface area contributed by atoms with Crippen LogP contribution in [0.2, 0.25) is 0 Å². The summed E-state index contributed by atoms with van der Waals surface area (Å²) in [6.07, 6.45) is 2.63. The van der Waals surface area contributed by atoms with Gasteiger partial charge in [-0.2, -0.15) is 0 Å². The first-order chi connectivity index (χ1) is 9.86. The van der Waals surface area contributed by atoms with Crippen molar-refractivity contribution in [1.29, 1.82) is 0 Å². The Morgan fingerprint density at radius 3 is 2.52 bits per heavy atom. The smallest absolute Gasteiger partial charge is 0.331 e. The van der Waals surface area contributed by atoms with Crippen molar-refractivity contribution < 1.29 is 23.8 Å². The highest BCUT2D eigenvalue weighted by molar-refractivity contribution is 7.53. The molecule has 1 aliphatic heterocycles. The molecule has 0 aliphatic carbocycles. The van der Waals surface area contributed by atoms with Crippen LogP contribution in [0.5, 0.6) is 11.5 Å². The number of rotatable bonds is 5. The van der Waals surface area contributed by atoms with E-state index in [-0.39, 0.29) is 23.1 Å². The van der Waals surface area contributed by atoms with Crippen molar-refractivity contribution in [3.63, 3.8) is 0 Å². The molecule has 5 nitrogen and oxygen atoms in total. The molecule has 1 heterocycles. The molecule has 0 bridgehead atoms. The molecule has 0 aromatic heterocycles. The van der Waals surface area contributed by atoms with E-state index < -0.39 is 7.60 Å². The molecule has 1 aromatic carbocycles. The fourth-order valence-corrected chi connectivity index (χ4v) is 4.35. The Bertz CT molecular complexity index is 531. The topological polar surface area (TPSA) is 76.0 Å². The first-order valence-corrected chi connectivity index (χ1v) is 8.98. The molecule has 2 rings (SSSR count). The van der Waals surface area contributed by atoms with Gasteiger partial charge >= 0.3 is 7.60 Å². The molecular formula is C15H23O5P. The first-order valence-electron chi connectivity index (χ1n) is 7.25. The Morgan fingerprint density at radius 1 is 1.29 bits per heavy atom. The van der Waals surface area contributed by atoms with Gasteiger partial charge in [-0.3, -0.25) is 4.57 Å². The minimum Gasteiger partial charge on any atom is -0.508 e. The van der Waals surface area contributed by atoms with Crippen molar-refractivity contribution >= 4 is 7.60 Å². The van der Waals surface area contributed by atoms with E-state index in [1.165, 1.54) is 12.1 Å². The Balaban J connectivity index is 1.93. The van der Waals surface area contributed by atoms with Gasteiger partial charge in [-0.15, -0.1) is 0 Å². The van der Waals surface area contributed by atoms with E-state index in [9.17, 15) is 14.8 Å². The Labute approximate surface area is 125 Å². The van der Waals surface area contributed by atoms with E-state index in [1.54, 1.807) is 6.07 Å². The largest absolute Gasteiger partial charge is 0.508 e. The van der Waals surface area contributed by atoms with E-state index in [0.29, 0.717) is 25.2 Å². The van der Waals surface area contributed by atoms with Crippen LogP contribution in [-0.4, -0.2) is 29.6 Å². The van der Waals surface area contributed by atoms with Crippen LogP contribution < -0.4 is 0 Å². The third kappa shape index (κ3) is 4.22. The van der Waals surface area contributed by atoms with E-state index in [2.05, 4.69) is 13.8 Å². The quantitative estimate of drug-likeness (QED) is 0.811. The Hall–Kier alpha value is -1.03. The third-order valence-corrected chi connectivity index (χ3v) is 5.61. The standard InChI is InChI=1S/C15H23O5P/c1-3-7-15(2)10-19-21(18,20-11-15)8-6-12-4-5-13(16)9-14(12)17/h4-5,9,16-17H,3,6-8,10-11H2,1-2H3. The number of hydrogen-bond donors (Lipinski definition) is 2. The van der Waals surface area contributed by atoms with Gasteiger partial charge in [0.05, 0.1) is 19.4 Å². The van der Waals surface area contributed by atoms with E-state index in [0.717, 1.165) is 12.8 Å². The van der Waals surface area contributed by atoms with Crippen LogP contribution in [0.1, 0.15) is 32.3 Å². The van der Waals surface area contributed by atoms with Gasteiger partial charge in [0.15, 0.2) is 0 Å². The zero-order valence-electron chi connectivity index (χ0n) is 12.5. The summed E-state index contributed by atoms with van der Waals surface area (Å²) >= 11 is 0. The van der Waals surface area contributed by atoms with Gasteiger partial charge in [-0.25, -0.2) is 0 Å². The maximum atomic E-state index is 12.5. The zero-order valence-corrected chi connectivity index (χ0v) is 13.4. The van der Waals surface area contributed by atoms with Crippen molar-refractivity contribution in [3.8, 4) is 11.5 Å². The molecule has 1 saturated heterocycles. The van der Waals surface area contributed by atoms with Gasteiger partial charge in [0.1, 0.15) is 11.5 Å². The second-order valence-corrected chi connectivity index (χ2v) is 8.19. The predicted octanol–water partition coefficient (Wildman–Crippen LogP) is 3.69. The van der Waals surface area contributed by atoms with Gasteiger partial charge in [0.2, 0.25) is 0 Å². The summed E-state index contributed by atoms with van der Waals surface area (Å²) < 4.78 is 23.5. The van der Waals surface area contributed by atoms with Gasteiger partial charge in [0, 0.05) is 11.5 Å². The second-order valence-electron chi connectivity index (χ2n) is 6.01. The monoisotopic (exact) mass is 314 g/mol. The van der Waals surface area contributed by atoms with Crippen molar-refractivity contribution in [2.45, 2.75) is 33.1 Å². The van der Waals surface area contributed by atoms with E-state index in [4.69, 9.17) is 9.05 Å². The van der Waals surface area contributed by atoms with Crippen LogP contribution >= 0.6 is 7.60 Å². The van der Waals surface area contributed by atoms with Crippen LogP contribution in [0.25, 0.3) is 0 Å². The van der Waals surface area contributed by atoms with Crippen LogP contribution in [-0.2, 0) is 20.0 Å². The lowest BCUT2D eigenvalue weighted by Crippen LogP contribution is -2.33. The molecule has 0 atom stereocenters. The maximum Gasteiger partial charge on any atom is 0.331 e. The van der Waals surface area contributed by atoms with Crippen LogP contribution in [0, 0.1) is 5.41 Å². The molecule has 0 unspecified atom stereocenters.